The summed E-state index contributed by atoms with van der Waals surface area (Å²) in [6.45, 7) is 7.76. The molecule has 0 atom stereocenters. The van der Waals surface area contributed by atoms with Crippen molar-refractivity contribution in [3.05, 3.63) is 35.4 Å². The normalized spacial score (nSPS) is 11.5. The van der Waals surface area contributed by atoms with Crippen LogP contribution in [0, 0.1) is 0 Å². The molecule has 1 aromatic rings. The molecule has 0 fully saturated rings. The first-order valence-corrected chi connectivity index (χ1v) is 6.34. The summed E-state index contributed by atoms with van der Waals surface area (Å²) in [7, 11) is 0. The molecule has 0 heterocycles. The van der Waals surface area contributed by atoms with Gasteiger partial charge in [-0.2, -0.15) is 5.10 Å². The van der Waals surface area contributed by atoms with Gasteiger partial charge in [0.25, 0.3) is 0 Å². The lowest BCUT2D eigenvalue weighted by atomic mass is 10.1. The summed E-state index contributed by atoms with van der Waals surface area (Å²) in [6.07, 6.45) is 4.08. The second-order valence-electron chi connectivity index (χ2n) is 4.30. The van der Waals surface area contributed by atoms with Gasteiger partial charge in [-0.1, -0.05) is 32.0 Å². The first-order chi connectivity index (χ1) is 8.30. The minimum Gasteiger partial charge on any atom is -0.323 e. The second kappa shape index (κ2) is 7.85. The lowest BCUT2D eigenvalue weighted by Crippen LogP contribution is -2.24. The largest absolute Gasteiger partial charge is 0.323 e. The first-order valence-electron chi connectivity index (χ1n) is 6.34. The molecule has 0 radical (unpaired) electrons. The number of hydrazone groups is 1. The van der Waals surface area contributed by atoms with E-state index in [-0.39, 0.29) is 0 Å². The van der Waals surface area contributed by atoms with Crippen molar-refractivity contribution in [2.75, 3.05) is 13.1 Å². The SMILES string of the molecule is CCCN(CCC)Cc1cccc(C=NN)c1. The summed E-state index contributed by atoms with van der Waals surface area (Å²) in [5, 5.41) is 3.56. The smallest absolute Gasteiger partial charge is 0.0538 e. The van der Waals surface area contributed by atoms with E-state index in [0.717, 1.165) is 25.2 Å². The van der Waals surface area contributed by atoms with Gasteiger partial charge in [-0.05, 0) is 43.1 Å². The number of nitrogens with two attached hydrogens (primary N) is 1. The quantitative estimate of drug-likeness (QED) is 0.447. The van der Waals surface area contributed by atoms with Gasteiger partial charge in [-0.15, -0.1) is 0 Å². The summed E-state index contributed by atoms with van der Waals surface area (Å²) < 4.78 is 0. The van der Waals surface area contributed by atoms with Gasteiger partial charge in [0.2, 0.25) is 0 Å². The van der Waals surface area contributed by atoms with E-state index in [1.165, 1.54) is 18.4 Å². The highest BCUT2D eigenvalue weighted by molar-refractivity contribution is 5.79. The highest BCUT2D eigenvalue weighted by Crippen LogP contribution is 2.08. The average molecular weight is 233 g/mol. The minimum atomic E-state index is 1.01. The van der Waals surface area contributed by atoms with E-state index in [9.17, 15) is 0 Å². The molecule has 0 spiro atoms. The van der Waals surface area contributed by atoms with Gasteiger partial charge in [0.1, 0.15) is 0 Å². The maximum Gasteiger partial charge on any atom is 0.0538 e. The Bertz CT molecular complexity index is 341. The standard InChI is InChI=1S/C14H23N3/c1-3-8-17(9-4-2)12-14-7-5-6-13(10-14)11-16-15/h5-7,10-11H,3-4,8-9,12,15H2,1-2H3. The number of rotatable bonds is 7. The van der Waals surface area contributed by atoms with Crippen molar-refractivity contribution < 1.29 is 0 Å². The predicted octanol–water partition coefficient (Wildman–Crippen LogP) is 2.60. The zero-order valence-electron chi connectivity index (χ0n) is 10.9. The van der Waals surface area contributed by atoms with Crippen molar-refractivity contribution in [2.24, 2.45) is 10.9 Å². The van der Waals surface area contributed by atoms with Gasteiger partial charge in [0.05, 0.1) is 6.21 Å². The van der Waals surface area contributed by atoms with Gasteiger partial charge in [-0.25, -0.2) is 0 Å². The summed E-state index contributed by atoms with van der Waals surface area (Å²) in [5.41, 5.74) is 2.39. The zero-order valence-corrected chi connectivity index (χ0v) is 10.9. The molecule has 0 saturated carbocycles. The van der Waals surface area contributed by atoms with Gasteiger partial charge >= 0.3 is 0 Å². The number of hydrogen-bond donors (Lipinski definition) is 1. The highest BCUT2D eigenvalue weighted by atomic mass is 15.1. The van der Waals surface area contributed by atoms with Crippen LogP contribution in [0.25, 0.3) is 0 Å². The first kappa shape index (κ1) is 13.7. The van der Waals surface area contributed by atoms with E-state index >= 15 is 0 Å². The summed E-state index contributed by atoms with van der Waals surface area (Å²) in [6, 6.07) is 8.38. The van der Waals surface area contributed by atoms with Gasteiger partial charge < -0.3 is 5.84 Å². The minimum absolute atomic E-state index is 1.01. The summed E-state index contributed by atoms with van der Waals surface area (Å²) in [4.78, 5) is 2.48. The Morgan fingerprint density at radius 3 is 2.53 bits per heavy atom. The van der Waals surface area contributed by atoms with Crippen LogP contribution in [0.3, 0.4) is 0 Å². The molecule has 0 saturated heterocycles. The molecule has 94 valence electrons. The van der Waals surface area contributed by atoms with Crippen LogP contribution in [0.15, 0.2) is 29.4 Å². The van der Waals surface area contributed by atoms with Crippen molar-refractivity contribution in [3.63, 3.8) is 0 Å². The van der Waals surface area contributed by atoms with Gasteiger partial charge in [0.15, 0.2) is 0 Å². The van der Waals surface area contributed by atoms with E-state index in [0.29, 0.717) is 0 Å². The Morgan fingerprint density at radius 2 is 1.94 bits per heavy atom. The van der Waals surface area contributed by atoms with Crippen LogP contribution in [-0.2, 0) is 6.54 Å². The van der Waals surface area contributed by atoms with E-state index in [2.05, 4.69) is 42.0 Å². The van der Waals surface area contributed by atoms with E-state index in [4.69, 9.17) is 5.84 Å². The van der Waals surface area contributed by atoms with E-state index in [1.54, 1.807) is 6.21 Å². The maximum atomic E-state index is 5.17. The fourth-order valence-corrected chi connectivity index (χ4v) is 2.02. The monoisotopic (exact) mass is 233 g/mol. The lowest BCUT2D eigenvalue weighted by molar-refractivity contribution is 0.266. The predicted molar refractivity (Wildman–Crippen MR) is 74.1 cm³/mol. The average Bonchev–Trinajstić information content (AvgIpc) is 2.30. The molecule has 0 amide bonds. The van der Waals surface area contributed by atoms with Gasteiger partial charge in [-0.3, -0.25) is 4.90 Å². The maximum absolute atomic E-state index is 5.17. The van der Waals surface area contributed by atoms with Crippen LogP contribution in [0.5, 0.6) is 0 Å². The fourth-order valence-electron chi connectivity index (χ4n) is 2.02. The van der Waals surface area contributed by atoms with E-state index < -0.39 is 0 Å². The Labute approximate surface area is 104 Å². The molecule has 3 nitrogen and oxygen atoms in total. The Kier molecular flexibility index (Phi) is 6.33. The third kappa shape index (κ3) is 5.00. The molecular weight excluding hydrogens is 210 g/mol. The van der Waals surface area contributed by atoms with Crippen molar-refractivity contribution in [3.8, 4) is 0 Å². The third-order valence-corrected chi connectivity index (χ3v) is 2.66. The Balaban J connectivity index is 2.67. The third-order valence-electron chi connectivity index (χ3n) is 2.66. The van der Waals surface area contributed by atoms with Crippen LogP contribution >= 0.6 is 0 Å². The molecule has 0 aliphatic rings. The highest BCUT2D eigenvalue weighted by Gasteiger charge is 2.03. The van der Waals surface area contributed by atoms with Crippen molar-refractivity contribution in [2.45, 2.75) is 33.2 Å². The Hall–Kier alpha value is -1.35. The van der Waals surface area contributed by atoms with Crippen LogP contribution in [0.2, 0.25) is 0 Å². The van der Waals surface area contributed by atoms with Crippen LogP contribution in [0.1, 0.15) is 37.8 Å². The topological polar surface area (TPSA) is 41.6 Å². The van der Waals surface area contributed by atoms with Crippen LogP contribution < -0.4 is 5.84 Å². The molecule has 0 aromatic heterocycles. The zero-order chi connectivity index (χ0) is 12.5. The fraction of sp³-hybridized carbons (Fsp3) is 0.500. The molecule has 17 heavy (non-hydrogen) atoms. The van der Waals surface area contributed by atoms with Crippen LogP contribution in [0.4, 0.5) is 0 Å². The molecule has 0 aliphatic carbocycles. The second-order valence-corrected chi connectivity index (χ2v) is 4.30. The molecule has 0 unspecified atom stereocenters. The molecule has 1 aromatic carbocycles. The molecule has 0 bridgehead atoms. The van der Waals surface area contributed by atoms with Crippen LogP contribution in [-0.4, -0.2) is 24.2 Å². The molecule has 3 heteroatoms. The number of nitrogens with zero attached hydrogens (tertiary/aromatic N) is 2. The molecular formula is C14H23N3. The van der Waals surface area contributed by atoms with Crippen molar-refractivity contribution in [1.29, 1.82) is 0 Å². The molecule has 1 rings (SSSR count). The number of benzene rings is 1. The van der Waals surface area contributed by atoms with Crippen molar-refractivity contribution in [1.82, 2.24) is 4.90 Å². The summed E-state index contributed by atoms with van der Waals surface area (Å²) >= 11 is 0. The van der Waals surface area contributed by atoms with Gasteiger partial charge in [0, 0.05) is 6.54 Å². The van der Waals surface area contributed by atoms with Crippen molar-refractivity contribution >= 4 is 6.21 Å². The Morgan fingerprint density at radius 1 is 1.24 bits per heavy atom. The molecule has 2 N–H and O–H groups in total. The van der Waals surface area contributed by atoms with E-state index in [1.807, 2.05) is 6.07 Å². The molecule has 0 aliphatic heterocycles. The summed E-state index contributed by atoms with van der Waals surface area (Å²) in [5.74, 6) is 5.17. The lowest BCUT2D eigenvalue weighted by Gasteiger charge is -2.21. The number of hydrogen-bond acceptors (Lipinski definition) is 3.